The first-order valence-corrected chi connectivity index (χ1v) is 8.43. The normalized spacial score (nSPS) is 10.3. The van der Waals surface area contributed by atoms with E-state index in [4.69, 9.17) is 0 Å². The number of nitrogens with zero attached hydrogens (tertiary/aromatic N) is 1. The molecule has 0 fully saturated rings. The number of rotatable bonds is 8. The fourth-order valence-corrected chi connectivity index (χ4v) is 2.68. The number of nitrogens with one attached hydrogen (secondary N) is 1. The number of anilines is 2. The number of hydrogen-bond donors (Lipinski definition) is 1. The molecule has 0 radical (unpaired) electrons. The second-order valence-corrected chi connectivity index (χ2v) is 5.58. The Morgan fingerprint density at radius 2 is 1.68 bits per heavy atom. The molecule has 0 heterocycles. The summed E-state index contributed by atoms with van der Waals surface area (Å²) in [4.78, 5) is 2.43. The van der Waals surface area contributed by atoms with Crippen molar-refractivity contribution < 1.29 is 0 Å². The molecule has 0 spiro atoms. The van der Waals surface area contributed by atoms with E-state index in [2.05, 4.69) is 80.2 Å². The van der Waals surface area contributed by atoms with Crippen LogP contribution < -0.4 is 10.1 Å². The van der Waals surface area contributed by atoms with Crippen molar-refractivity contribution in [1.82, 2.24) is 0 Å². The van der Waals surface area contributed by atoms with Crippen LogP contribution in [0.5, 0.6) is 0 Å². The van der Waals surface area contributed by atoms with E-state index in [9.17, 15) is 0 Å². The molecule has 2 rings (SSSR count). The molecule has 114 valence electrons. The van der Waals surface area contributed by atoms with Gasteiger partial charge in [0.2, 0.25) is 0 Å². The summed E-state index contributed by atoms with van der Waals surface area (Å²) in [6.07, 6.45) is 2.17. The minimum Gasteiger partial charge on any atom is -0.424 e. The molecule has 0 aliphatic carbocycles. The van der Waals surface area contributed by atoms with Gasteiger partial charge in [0.05, 0.1) is 7.74 Å². The summed E-state index contributed by atoms with van der Waals surface area (Å²) in [6.45, 7) is 6.37. The molecule has 2 nitrogen and oxygen atoms in total. The van der Waals surface area contributed by atoms with Gasteiger partial charge in [-0.05, 0) is 48.2 Å². The highest BCUT2D eigenvalue weighted by molar-refractivity contribution is 6.91. The Hall–Kier alpha value is -1.83. The van der Waals surface area contributed by atoms with E-state index in [1.54, 1.807) is 0 Å². The number of aryl methyl sites for hydroxylation is 2. The molecule has 2 aromatic carbocycles. The molecule has 0 bridgehead atoms. The van der Waals surface area contributed by atoms with Gasteiger partial charge in [0.15, 0.2) is 7.31 Å². The topological polar surface area (TPSA) is 15.3 Å². The van der Waals surface area contributed by atoms with Gasteiger partial charge in [-0.3, -0.25) is 0 Å². The summed E-state index contributed by atoms with van der Waals surface area (Å²) in [5, 5.41) is 3.54. The van der Waals surface area contributed by atoms with Crippen molar-refractivity contribution in [3.05, 3.63) is 59.7 Å². The van der Waals surface area contributed by atoms with Crippen LogP contribution in [0.2, 0.25) is 0 Å². The Kier molecular flexibility index (Phi) is 6.45. The quantitative estimate of drug-likeness (QED) is 0.752. The average molecular weight is 292 g/mol. The van der Waals surface area contributed by atoms with Crippen LogP contribution in [-0.2, 0) is 12.8 Å². The summed E-state index contributed by atoms with van der Waals surface area (Å²) < 4.78 is 0. The molecule has 4 heteroatoms. The van der Waals surface area contributed by atoms with E-state index in [0.717, 1.165) is 33.2 Å². The lowest BCUT2D eigenvalue weighted by Gasteiger charge is -2.24. The molecular weight excluding hydrogens is 266 g/mol. The first-order chi connectivity index (χ1) is 10.8. The highest BCUT2D eigenvalue weighted by Gasteiger charge is 2.05. The molecular formula is C18H26B2N2. The van der Waals surface area contributed by atoms with Crippen LogP contribution in [0.25, 0.3) is 0 Å². The van der Waals surface area contributed by atoms with Crippen molar-refractivity contribution in [2.24, 2.45) is 0 Å². The number of hydrogen-bond acceptors (Lipinski definition) is 2. The smallest absolute Gasteiger partial charge is 0.191 e. The predicted octanol–water partition coefficient (Wildman–Crippen LogP) is 2.63. The fourth-order valence-electron chi connectivity index (χ4n) is 2.68. The van der Waals surface area contributed by atoms with Gasteiger partial charge in [-0.25, -0.2) is 0 Å². The molecule has 0 saturated carbocycles. The second-order valence-electron chi connectivity index (χ2n) is 5.58. The number of benzene rings is 2. The van der Waals surface area contributed by atoms with Gasteiger partial charge < -0.3 is 10.1 Å². The molecule has 0 aromatic heterocycles. The van der Waals surface area contributed by atoms with Gasteiger partial charge in [-0.15, -0.1) is 0 Å². The van der Waals surface area contributed by atoms with Gasteiger partial charge in [0.25, 0.3) is 0 Å². The summed E-state index contributed by atoms with van der Waals surface area (Å²) in [5.41, 5.74) is 5.33. The van der Waals surface area contributed by atoms with E-state index in [1.807, 2.05) is 0 Å². The predicted molar refractivity (Wildman–Crippen MR) is 103 cm³/mol. The van der Waals surface area contributed by atoms with Crippen molar-refractivity contribution in [3.63, 3.8) is 0 Å². The highest BCUT2D eigenvalue weighted by Crippen LogP contribution is 2.16. The van der Waals surface area contributed by atoms with Crippen LogP contribution >= 0.6 is 0 Å². The summed E-state index contributed by atoms with van der Waals surface area (Å²) >= 11 is 0. The van der Waals surface area contributed by atoms with Crippen molar-refractivity contribution >= 4 is 26.4 Å². The third kappa shape index (κ3) is 4.59. The minimum atomic E-state index is 0.956. The Morgan fingerprint density at radius 3 is 2.36 bits per heavy atom. The van der Waals surface area contributed by atoms with Crippen LogP contribution in [-0.4, -0.2) is 28.1 Å². The van der Waals surface area contributed by atoms with Gasteiger partial charge in [0.1, 0.15) is 0 Å². The monoisotopic (exact) mass is 292 g/mol. The lowest BCUT2D eigenvalue weighted by atomic mass is 9.65. The molecule has 22 heavy (non-hydrogen) atoms. The molecule has 1 N–H and O–H groups in total. The second kappa shape index (κ2) is 8.57. The van der Waals surface area contributed by atoms with Gasteiger partial charge in [-0.2, -0.15) is 0 Å². The zero-order chi connectivity index (χ0) is 15.8. The van der Waals surface area contributed by atoms with E-state index in [-0.39, 0.29) is 0 Å². The van der Waals surface area contributed by atoms with Crippen molar-refractivity contribution in [3.8, 4) is 0 Å². The molecule has 0 aliphatic rings. The minimum absolute atomic E-state index is 0.956. The standard InChI is InChI=1S/C18H26B2N2/c1-3-15-7-5-9-17(13-15)21-11-12-22(20-19)18-10-6-8-16(4-2)14-18/h5-10,13-14,20-21H,3-4,11-12,19H2,1-2H3. The lowest BCUT2D eigenvalue weighted by molar-refractivity contribution is 1.000. The third-order valence-corrected chi connectivity index (χ3v) is 4.11. The maximum absolute atomic E-state index is 3.54. The van der Waals surface area contributed by atoms with Crippen LogP contribution in [0.3, 0.4) is 0 Å². The van der Waals surface area contributed by atoms with Crippen LogP contribution in [0.4, 0.5) is 11.4 Å². The molecule has 2 aromatic rings. The summed E-state index contributed by atoms with van der Waals surface area (Å²) in [7, 11) is 3.25. The maximum Gasteiger partial charge on any atom is 0.191 e. The molecule has 0 unspecified atom stereocenters. The summed E-state index contributed by atoms with van der Waals surface area (Å²) in [6, 6.07) is 17.6. The van der Waals surface area contributed by atoms with E-state index >= 15 is 0 Å². The van der Waals surface area contributed by atoms with Gasteiger partial charge in [0, 0.05) is 24.5 Å². The Labute approximate surface area is 136 Å². The van der Waals surface area contributed by atoms with E-state index in [1.165, 1.54) is 22.5 Å². The molecule has 0 saturated heterocycles. The molecule has 0 aliphatic heterocycles. The van der Waals surface area contributed by atoms with Crippen molar-refractivity contribution in [1.29, 1.82) is 0 Å². The van der Waals surface area contributed by atoms with Gasteiger partial charge in [-0.1, -0.05) is 38.1 Å². The first kappa shape index (κ1) is 16.5. The average Bonchev–Trinajstić information content (AvgIpc) is 2.59. The Morgan fingerprint density at radius 1 is 1.00 bits per heavy atom. The zero-order valence-electron chi connectivity index (χ0n) is 14.1. The van der Waals surface area contributed by atoms with Gasteiger partial charge >= 0.3 is 0 Å². The van der Waals surface area contributed by atoms with E-state index < -0.39 is 0 Å². The Bertz CT molecular complexity index is 587. The van der Waals surface area contributed by atoms with E-state index in [0.29, 0.717) is 0 Å². The van der Waals surface area contributed by atoms with Crippen molar-refractivity contribution in [2.45, 2.75) is 26.7 Å². The molecule has 0 amide bonds. The SMILES string of the molecule is BBN(CCNc1cccc(CC)c1)c1cccc(CC)c1. The van der Waals surface area contributed by atoms with Crippen LogP contribution in [0, 0.1) is 0 Å². The highest BCUT2D eigenvalue weighted by atomic mass is 15.1. The Balaban J connectivity index is 1.93. The maximum atomic E-state index is 3.54. The summed E-state index contributed by atoms with van der Waals surface area (Å²) in [5.74, 6) is 0. The lowest BCUT2D eigenvalue weighted by Crippen LogP contribution is -2.33. The van der Waals surface area contributed by atoms with Crippen LogP contribution in [0.15, 0.2) is 48.5 Å². The molecule has 0 atom stereocenters. The first-order valence-electron chi connectivity index (χ1n) is 8.43. The van der Waals surface area contributed by atoms with Crippen molar-refractivity contribution in [2.75, 3.05) is 23.2 Å². The zero-order valence-corrected chi connectivity index (χ0v) is 14.1. The van der Waals surface area contributed by atoms with Crippen LogP contribution in [0.1, 0.15) is 25.0 Å². The largest absolute Gasteiger partial charge is 0.424 e. The fraction of sp³-hybridized carbons (Fsp3) is 0.333. The third-order valence-electron chi connectivity index (χ3n) is 4.11.